The van der Waals surface area contributed by atoms with E-state index < -0.39 is 6.10 Å². The lowest BCUT2D eigenvalue weighted by molar-refractivity contribution is 0.216. The molecular weight excluding hydrogens is 359 g/mol. The zero-order valence-corrected chi connectivity index (χ0v) is 15.6. The first-order chi connectivity index (χ1) is 13.5. The second-order valence-corrected chi connectivity index (χ2v) is 6.81. The van der Waals surface area contributed by atoms with Gasteiger partial charge in [-0.1, -0.05) is 6.07 Å². The fraction of sp³-hybridized carbons (Fsp3) is 0.300. The number of aryl methyl sites for hydroxylation is 3. The third-order valence-corrected chi connectivity index (χ3v) is 4.94. The molecule has 2 aromatic heterocycles. The van der Waals surface area contributed by atoms with Crippen LogP contribution in [0.5, 0.6) is 5.88 Å². The highest BCUT2D eigenvalue weighted by atomic mass is 19.1. The molecule has 0 unspecified atom stereocenters. The van der Waals surface area contributed by atoms with E-state index in [1.165, 1.54) is 18.3 Å². The fourth-order valence-electron chi connectivity index (χ4n) is 3.59. The molecule has 3 aromatic rings. The number of anilines is 1. The zero-order chi connectivity index (χ0) is 19.8. The van der Waals surface area contributed by atoms with Crippen LogP contribution in [0.3, 0.4) is 0 Å². The van der Waals surface area contributed by atoms with Crippen molar-refractivity contribution in [1.29, 1.82) is 5.26 Å². The van der Waals surface area contributed by atoms with Gasteiger partial charge in [0.2, 0.25) is 0 Å². The molecule has 3 heterocycles. The first-order valence-electron chi connectivity index (χ1n) is 9.01. The van der Waals surface area contributed by atoms with Crippen LogP contribution in [0.2, 0.25) is 0 Å². The van der Waals surface area contributed by atoms with Crippen molar-refractivity contribution in [2.75, 3.05) is 5.73 Å². The van der Waals surface area contributed by atoms with Gasteiger partial charge < -0.3 is 10.5 Å². The van der Waals surface area contributed by atoms with Crippen LogP contribution < -0.4 is 10.5 Å². The predicted molar refractivity (Wildman–Crippen MR) is 101 cm³/mol. The third-order valence-electron chi connectivity index (χ3n) is 4.94. The van der Waals surface area contributed by atoms with Gasteiger partial charge in [-0.05, 0) is 49.4 Å². The second-order valence-electron chi connectivity index (χ2n) is 6.81. The van der Waals surface area contributed by atoms with E-state index in [1.807, 2.05) is 6.92 Å². The van der Waals surface area contributed by atoms with Crippen LogP contribution in [0.25, 0.3) is 11.3 Å². The van der Waals surface area contributed by atoms with Gasteiger partial charge in [0, 0.05) is 7.05 Å². The van der Waals surface area contributed by atoms with Gasteiger partial charge in [0.1, 0.15) is 23.7 Å². The van der Waals surface area contributed by atoms with Gasteiger partial charge in [-0.3, -0.25) is 4.68 Å². The molecule has 0 saturated carbocycles. The summed E-state index contributed by atoms with van der Waals surface area (Å²) in [7, 11) is 1.73. The maximum Gasteiger partial charge on any atom is 0.258 e. The molecule has 8 heteroatoms. The molecule has 142 valence electrons. The van der Waals surface area contributed by atoms with Crippen LogP contribution >= 0.6 is 0 Å². The lowest BCUT2D eigenvalue weighted by atomic mass is 9.96. The number of nitrogens with two attached hydrogens (primary N) is 1. The molecule has 1 aliphatic heterocycles. The zero-order valence-electron chi connectivity index (χ0n) is 15.6. The van der Waals surface area contributed by atoms with E-state index in [9.17, 15) is 9.65 Å². The number of nitrogens with zero attached hydrogens (tertiary/aromatic N) is 5. The molecule has 0 spiro atoms. The fourth-order valence-corrected chi connectivity index (χ4v) is 3.59. The van der Waals surface area contributed by atoms with Gasteiger partial charge >= 0.3 is 0 Å². The Morgan fingerprint density at radius 3 is 2.96 bits per heavy atom. The van der Waals surface area contributed by atoms with Crippen molar-refractivity contribution in [3.8, 4) is 23.2 Å². The quantitative estimate of drug-likeness (QED) is 0.645. The average Bonchev–Trinajstić information content (AvgIpc) is 2.99. The molecule has 0 saturated heterocycles. The van der Waals surface area contributed by atoms with Crippen LogP contribution in [-0.4, -0.2) is 19.7 Å². The highest BCUT2D eigenvalue weighted by molar-refractivity contribution is 5.69. The van der Waals surface area contributed by atoms with Gasteiger partial charge in [0.05, 0.1) is 23.1 Å². The third kappa shape index (κ3) is 3.05. The molecule has 28 heavy (non-hydrogen) atoms. The number of fused-ring (bicyclic) bond motifs is 5. The predicted octanol–water partition coefficient (Wildman–Crippen LogP) is 3.10. The van der Waals surface area contributed by atoms with Crippen LogP contribution in [0, 0.1) is 17.1 Å². The maximum atomic E-state index is 13.9. The van der Waals surface area contributed by atoms with Crippen molar-refractivity contribution in [3.05, 3.63) is 52.7 Å². The first kappa shape index (κ1) is 17.9. The van der Waals surface area contributed by atoms with E-state index >= 15 is 0 Å². The van der Waals surface area contributed by atoms with Gasteiger partial charge in [-0.2, -0.15) is 10.4 Å². The molecule has 0 radical (unpaired) electrons. The normalized spacial score (nSPS) is 16.0. The van der Waals surface area contributed by atoms with Crippen LogP contribution in [-0.2, 0) is 19.9 Å². The Morgan fingerprint density at radius 1 is 1.36 bits per heavy atom. The number of hydrogen-bond acceptors (Lipinski definition) is 6. The van der Waals surface area contributed by atoms with Crippen molar-refractivity contribution < 1.29 is 9.13 Å². The second kappa shape index (κ2) is 6.93. The number of rotatable bonds is 0. The number of nitriles is 1. The molecule has 0 aliphatic carbocycles. The van der Waals surface area contributed by atoms with Crippen molar-refractivity contribution in [2.24, 2.45) is 7.05 Å². The Balaban J connectivity index is 1.90. The minimum Gasteiger partial charge on any atom is -0.467 e. The molecule has 1 atom stereocenters. The lowest BCUT2D eigenvalue weighted by Gasteiger charge is -2.20. The van der Waals surface area contributed by atoms with E-state index in [2.05, 4.69) is 21.1 Å². The van der Waals surface area contributed by atoms with E-state index in [4.69, 9.17) is 10.5 Å². The van der Waals surface area contributed by atoms with Crippen molar-refractivity contribution >= 4 is 5.82 Å². The smallest absolute Gasteiger partial charge is 0.258 e. The van der Waals surface area contributed by atoms with Gasteiger partial charge in [0.25, 0.3) is 5.88 Å². The SMILES string of the molecule is C[C@H]1Oc2nc(cnc2N)-c2c(nn(C)c2C#N)CCCc2ccc(F)cc21. The van der Waals surface area contributed by atoms with E-state index in [0.717, 1.165) is 29.7 Å². The number of ether oxygens (including phenoxy) is 1. The largest absolute Gasteiger partial charge is 0.467 e. The Kier molecular flexibility index (Phi) is 4.43. The standard InChI is InChI=1S/C20H19FN6O/c1-11-14-8-13(21)7-6-12(14)4-3-5-15-18(17(9-22)27(2)26-15)16-10-24-19(23)20(25-16)28-11/h6-8,10-11H,3-5H2,1-2H3,(H2,23,24)/t11-/m1/s1. The average molecular weight is 378 g/mol. The molecule has 2 bridgehead atoms. The summed E-state index contributed by atoms with van der Waals surface area (Å²) in [5.74, 6) is -0.0335. The molecule has 0 amide bonds. The molecule has 1 aliphatic rings. The Bertz CT molecular complexity index is 1100. The van der Waals surface area contributed by atoms with Crippen molar-refractivity contribution in [1.82, 2.24) is 19.7 Å². The van der Waals surface area contributed by atoms with E-state index in [-0.39, 0.29) is 17.5 Å². The van der Waals surface area contributed by atoms with Crippen LogP contribution in [0.4, 0.5) is 10.2 Å². The summed E-state index contributed by atoms with van der Waals surface area (Å²) in [6.07, 6.45) is 3.23. The molecule has 2 N–H and O–H groups in total. The van der Waals surface area contributed by atoms with Crippen LogP contribution in [0.1, 0.15) is 42.0 Å². The number of aromatic nitrogens is 4. The maximum absolute atomic E-state index is 13.9. The van der Waals surface area contributed by atoms with Crippen molar-refractivity contribution in [3.63, 3.8) is 0 Å². The van der Waals surface area contributed by atoms with Gasteiger partial charge in [0.15, 0.2) is 5.82 Å². The summed E-state index contributed by atoms with van der Waals surface area (Å²) in [5.41, 5.74) is 10.0. The lowest BCUT2D eigenvalue weighted by Crippen LogP contribution is -2.11. The number of hydrogen-bond donors (Lipinski definition) is 1. The van der Waals surface area contributed by atoms with E-state index in [0.29, 0.717) is 23.4 Å². The molecule has 1 aromatic carbocycles. The monoisotopic (exact) mass is 378 g/mol. The minimum absolute atomic E-state index is 0.134. The topological polar surface area (TPSA) is 103 Å². The van der Waals surface area contributed by atoms with Crippen molar-refractivity contribution in [2.45, 2.75) is 32.3 Å². The Labute approximate surface area is 161 Å². The van der Waals surface area contributed by atoms with E-state index in [1.54, 1.807) is 17.8 Å². The van der Waals surface area contributed by atoms with Gasteiger partial charge in [-0.25, -0.2) is 14.4 Å². The number of benzene rings is 1. The summed E-state index contributed by atoms with van der Waals surface area (Å²) in [6, 6.07) is 6.90. The first-order valence-corrected chi connectivity index (χ1v) is 9.01. The Hall–Kier alpha value is -3.47. The van der Waals surface area contributed by atoms with Gasteiger partial charge in [-0.15, -0.1) is 0 Å². The summed E-state index contributed by atoms with van der Waals surface area (Å²) in [4.78, 5) is 8.70. The summed E-state index contributed by atoms with van der Waals surface area (Å²) in [5, 5.41) is 14.1. The molecule has 4 rings (SSSR count). The summed E-state index contributed by atoms with van der Waals surface area (Å²) >= 11 is 0. The minimum atomic E-state index is -0.458. The van der Waals surface area contributed by atoms with Crippen LogP contribution in [0.15, 0.2) is 24.4 Å². The molecule has 7 nitrogen and oxygen atoms in total. The number of halogens is 1. The summed E-state index contributed by atoms with van der Waals surface area (Å²) < 4.78 is 21.4. The summed E-state index contributed by atoms with van der Waals surface area (Å²) in [6.45, 7) is 1.83. The number of nitrogen functional groups attached to an aromatic ring is 1. The Morgan fingerprint density at radius 2 is 2.18 bits per heavy atom. The highest BCUT2D eigenvalue weighted by Crippen LogP contribution is 2.33. The molecular formula is C20H19FN6O. The highest BCUT2D eigenvalue weighted by Gasteiger charge is 2.23. The molecule has 0 fully saturated rings.